The normalized spacial score (nSPS) is 15.2. The first-order valence-corrected chi connectivity index (χ1v) is 7.33. The number of amidine groups is 1. The van der Waals surface area contributed by atoms with Crippen LogP contribution in [0.1, 0.15) is 29.6 Å². The summed E-state index contributed by atoms with van der Waals surface area (Å²) in [5.41, 5.74) is 5.93. The van der Waals surface area contributed by atoms with E-state index >= 15 is 0 Å². The number of nitrogens with two attached hydrogens (primary N) is 1. The molecule has 0 saturated heterocycles. The van der Waals surface area contributed by atoms with Crippen molar-refractivity contribution in [3.63, 3.8) is 0 Å². The van der Waals surface area contributed by atoms with Crippen LogP contribution >= 0.6 is 22.6 Å². The monoisotopic (exact) mass is 391 g/mol. The zero-order valence-corrected chi connectivity index (χ0v) is 12.9. The number of nitrogens with zero attached hydrogens (tertiary/aromatic N) is 2. The fourth-order valence-corrected chi connectivity index (χ4v) is 2.65. The van der Waals surface area contributed by atoms with Crippen LogP contribution in [0.25, 0.3) is 0 Å². The van der Waals surface area contributed by atoms with Crippen LogP contribution in [0.5, 0.6) is 0 Å². The van der Waals surface area contributed by atoms with Crippen LogP contribution in [0, 0.1) is 9.39 Å². The van der Waals surface area contributed by atoms with Gasteiger partial charge in [0.2, 0.25) is 0 Å². The predicted molar refractivity (Wildman–Crippen MR) is 81.2 cm³/mol. The summed E-state index contributed by atoms with van der Waals surface area (Å²) in [5.74, 6) is -0.402. The van der Waals surface area contributed by atoms with Crippen LogP contribution < -0.4 is 5.73 Å². The number of carbonyl (C=O) groups is 1. The number of hydrogen-bond donors (Lipinski definition) is 2. The highest BCUT2D eigenvalue weighted by Crippen LogP contribution is 2.29. The molecule has 0 bridgehead atoms. The molecule has 1 amide bonds. The molecule has 1 aromatic rings. The Morgan fingerprint density at radius 2 is 2.25 bits per heavy atom. The minimum Gasteiger partial charge on any atom is -0.409 e. The highest BCUT2D eigenvalue weighted by atomic mass is 127. The van der Waals surface area contributed by atoms with Gasteiger partial charge in [-0.3, -0.25) is 4.79 Å². The summed E-state index contributed by atoms with van der Waals surface area (Å²) in [6.07, 6.45) is 2.23. The molecular formula is C13H15FIN3O2. The number of oxime groups is 1. The lowest BCUT2D eigenvalue weighted by Gasteiger charge is -2.22. The lowest BCUT2D eigenvalue weighted by molar-refractivity contribution is 0.0746. The molecule has 1 aliphatic carbocycles. The van der Waals surface area contributed by atoms with Gasteiger partial charge in [0.15, 0.2) is 0 Å². The van der Waals surface area contributed by atoms with Crippen LogP contribution in [-0.4, -0.2) is 34.4 Å². The topological polar surface area (TPSA) is 78.9 Å². The van der Waals surface area contributed by atoms with Crippen molar-refractivity contribution in [1.82, 2.24) is 4.90 Å². The van der Waals surface area contributed by atoms with Gasteiger partial charge in [-0.25, -0.2) is 4.39 Å². The average molecular weight is 391 g/mol. The molecule has 1 fully saturated rings. The van der Waals surface area contributed by atoms with E-state index in [1.165, 1.54) is 18.2 Å². The highest BCUT2D eigenvalue weighted by molar-refractivity contribution is 14.1. The Hall–Kier alpha value is -1.38. The third-order valence-corrected chi connectivity index (χ3v) is 4.04. The summed E-state index contributed by atoms with van der Waals surface area (Å²) in [6.45, 7) is 0.396. The van der Waals surface area contributed by atoms with E-state index in [2.05, 4.69) is 5.16 Å². The summed E-state index contributed by atoms with van der Waals surface area (Å²) < 4.78 is 13.7. The first-order valence-electron chi connectivity index (χ1n) is 6.25. The molecule has 20 heavy (non-hydrogen) atoms. The summed E-state index contributed by atoms with van der Waals surface area (Å²) >= 11 is 1.95. The van der Waals surface area contributed by atoms with Crippen molar-refractivity contribution in [3.8, 4) is 0 Å². The van der Waals surface area contributed by atoms with Gasteiger partial charge < -0.3 is 15.8 Å². The van der Waals surface area contributed by atoms with Crippen molar-refractivity contribution in [1.29, 1.82) is 0 Å². The zero-order valence-electron chi connectivity index (χ0n) is 10.7. The van der Waals surface area contributed by atoms with Crippen molar-refractivity contribution in [2.45, 2.75) is 25.3 Å². The number of rotatable bonds is 5. The lowest BCUT2D eigenvalue weighted by atomic mass is 10.2. The van der Waals surface area contributed by atoms with Crippen LogP contribution in [-0.2, 0) is 0 Å². The smallest absolute Gasteiger partial charge is 0.255 e. The Balaban J connectivity index is 2.14. The van der Waals surface area contributed by atoms with Gasteiger partial charge in [0.1, 0.15) is 11.7 Å². The van der Waals surface area contributed by atoms with E-state index in [0.29, 0.717) is 22.1 Å². The molecule has 108 valence electrons. The largest absolute Gasteiger partial charge is 0.409 e. The Labute approximate surface area is 129 Å². The number of halogens is 2. The van der Waals surface area contributed by atoms with E-state index < -0.39 is 0 Å². The van der Waals surface area contributed by atoms with Gasteiger partial charge in [-0.1, -0.05) is 5.16 Å². The molecule has 0 spiro atoms. The Morgan fingerprint density at radius 3 is 2.80 bits per heavy atom. The molecule has 0 atom stereocenters. The second kappa shape index (κ2) is 6.38. The van der Waals surface area contributed by atoms with Crippen LogP contribution in [0.3, 0.4) is 0 Å². The van der Waals surface area contributed by atoms with Crippen molar-refractivity contribution < 1.29 is 14.4 Å². The molecule has 1 aromatic carbocycles. The fourth-order valence-electron chi connectivity index (χ4n) is 1.94. The van der Waals surface area contributed by atoms with Gasteiger partial charge in [-0.2, -0.15) is 0 Å². The number of benzene rings is 1. The lowest BCUT2D eigenvalue weighted by Crippen LogP contribution is -2.36. The van der Waals surface area contributed by atoms with E-state index in [1.54, 1.807) is 4.90 Å². The summed E-state index contributed by atoms with van der Waals surface area (Å²) in [5, 5.41) is 11.5. The molecule has 0 unspecified atom stereocenters. The third kappa shape index (κ3) is 3.59. The molecule has 0 heterocycles. The quantitative estimate of drug-likeness (QED) is 0.266. The SMILES string of the molecule is N/C(CCN(C(=O)c1ccc(F)cc1I)C1CC1)=N/O. The number of hydrogen-bond acceptors (Lipinski definition) is 3. The van der Waals surface area contributed by atoms with Crippen LogP contribution in [0.4, 0.5) is 4.39 Å². The van der Waals surface area contributed by atoms with Crippen molar-refractivity contribution in [2.75, 3.05) is 6.54 Å². The predicted octanol–water partition coefficient (Wildman–Crippen LogP) is 2.17. The summed E-state index contributed by atoms with van der Waals surface area (Å²) in [6, 6.07) is 4.32. The molecule has 1 saturated carbocycles. The van der Waals surface area contributed by atoms with Crippen molar-refractivity contribution in [3.05, 3.63) is 33.1 Å². The molecule has 7 heteroatoms. The summed E-state index contributed by atoms with van der Waals surface area (Å²) in [7, 11) is 0. The maximum Gasteiger partial charge on any atom is 0.255 e. The van der Waals surface area contributed by atoms with Crippen LogP contribution in [0.15, 0.2) is 23.4 Å². The van der Waals surface area contributed by atoms with Gasteiger partial charge in [0, 0.05) is 22.6 Å². The number of amides is 1. The van der Waals surface area contributed by atoms with Gasteiger partial charge in [0.05, 0.1) is 5.56 Å². The standard InChI is InChI=1S/C13H15FIN3O2/c14-8-1-4-10(11(15)7-8)13(19)18(9-2-3-9)6-5-12(16)17-20/h1,4,7,9,20H,2-3,5-6H2,(H2,16,17). The van der Waals surface area contributed by atoms with E-state index in [1.807, 2.05) is 22.6 Å². The molecule has 3 N–H and O–H groups in total. The Bertz CT molecular complexity index is 546. The second-order valence-electron chi connectivity index (χ2n) is 4.70. The zero-order chi connectivity index (χ0) is 14.7. The second-order valence-corrected chi connectivity index (χ2v) is 5.86. The van der Waals surface area contributed by atoms with E-state index in [4.69, 9.17) is 10.9 Å². The molecule has 5 nitrogen and oxygen atoms in total. The van der Waals surface area contributed by atoms with Gasteiger partial charge in [-0.15, -0.1) is 0 Å². The maximum absolute atomic E-state index is 13.1. The molecule has 1 aliphatic rings. The Kier molecular flexibility index (Phi) is 4.79. The number of carbonyl (C=O) groups excluding carboxylic acids is 1. The summed E-state index contributed by atoms with van der Waals surface area (Å²) in [4.78, 5) is 14.2. The van der Waals surface area contributed by atoms with Gasteiger partial charge in [0.25, 0.3) is 5.91 Å². The van der Waals surface area contributed by atoms with Crippen molar-refractivity contribution in [2.24, 2.45) is 10.9 Å². The first kappa shape index (κ1) is 15.0. The maximum atomic E-state index is 13.1. The Morgan fingerprint density at radius 1 is 1.55 bits per heavy atom. The van der Waals surface area contributed by atoms with Gasteiger partial charge in [-0.05, 0) is 53.6 Å². The van der Waals surface area contributed by atoms with Crippen molar-refractivity contribution >= 4 is 34.3 Å². The minimum atomic E-state index is -0.361. The van der Waals surface area contributed by atoms with E-state index in [9.17, 15) is 9.18 Å². The van der Waals surface area contributed by atoms with E-state index in [-0.39, 0.29) is 23.6 Å². The van der Waals surface area contributed by atoms with Gasteiger partial charge >= 0.3 is 0 Å². The van der Waals surface area contributed by atoms with E-state index in [0.717, 1.165) is 12.8 Å². The van der Waals surface area contributed by atoms with Crippen LogP contribution in [0.2, 0.25) is 0 Å². The molecule has 0 aliphatic heterocycles. The fraction of sp³-hybridized carbons (Fsp3) is 0.385. The molecular weight excluding hydrogens is 376 g/mol. The molecule has 0 radical (unpaired) electrons. The third-order valence-electron chi connectivity index (χ3n) is 3.15. The minimum absolute atomic E-state index is 0.0947. The average Bonchev–Trinajstić information content (AvgIpc) is 3.23. The molecule has 0 aromatic heterocycles. The highest BCUT2D eigenvalue weighted by Gasteiger charge is 2.33. The molecule has 2 rings (SSSR count). The first-order chi connectivity index (χ1) is 9.52.